The van der Waals surface area contributed by atoms with E-state index in [1.165, 1.54) is 0 Å². The summed E-state index contributed by atoms with van der Waals surface area (Å²) >= 11 is 0. The van der Waals surface area contributed by atoms with E-state index in [2.05, 4.69) is 22.4 Å². The summed E-state index contributed by atoms with van der Waals surface area (Å²) in [6, 6.07) is 8.76. The number of hydrogen-bond donors (Lipinski definition) is 2. The zero-order valence-corrected chi connectivity index (χ0v) is 16.7. The van der Waals surface area contributed by atoms with Crippen molar-refractivity contribution in [2.24, 2.45) is 0 Å². The van der Waals surface area contributed by atoms with Gasteiger partial charge in [-0.1, -0.05) is 6.92 Å². The van der Waals surface area contributed by atoms with Crippen LogP contribution in [-0.2, 0) is 11.3 Å². The van der Waals surface area contributed by atoms with Gasteiger partial charge in [0.2, 0.25) is 0 Å². The summed E-state index contributed by atoms with van der Waals surface area (Å²) in [5, 5.41) is 11.0. The molecule has 0 bridgehead atoms. The van der Waals surface area contributed by atoms with E-state index in [0.29, 0.717) is 41.3 Å². The first-order chi connectivity index (χ1) is 14.1. The normalized spacial score (nSPS) is 11.8. The van der Waals surface area contributed by atoms with Crippen LogP contribution in [0.15, 0.2) is 45.4 Å². The van der Waals surface area contributed by atoms with E-state index in [-0.39, 0.29) is 12.5 Å². The SMILES string of the molecule is CCC[NH+](CC(=O)Nc1cc(OC)ccc1OC)Cc1nnc(-c2ccco2)o1. The molecular weight excluding hydrogens is 376 g/mol. The molecule has 0 radical (unpaired) electrons. The van der Waals surface area contributed by atoms with E-state index in [4.69, 9.17) is 18.3 Å². The number of hydrogen-bond acceptors (Lipinski definition) is 7. The number of rotatable bonds is 10. The number of nitrogens with one attached hydrogen (secondary N) is 2. The summed E-state index contributed by atoms with van der Waals surface area (Å²) in [5.74, 6) is 2.35. The average molecular weight is 401 g/mol. The highest BCUT2D eigenvalue weighted by Gasteiger charge is 2.20. The Balaban J connectivity index is 1.65. The summed E-state index contributed by atoms with van der Waals surface area (Å²) in [4.78, 5) is 13.6. The minimum absolute atomic E-state index is 0.147. The van der Waals surface area contributed by atoms with Crippen molar-refractivity contribution in [3.63, 3.8) is 0 Å². The Hall–Kier alpha value is -3.33. The summed E-state index contributed by atoms with van der Waals surface area (Å²) in [6.45, 7) is 3.52. The quantitative estimate of drug-likeness (QED) is 0.534. The van der Waals surface area contributed by atoms with Crippen molar-refractivity contribution in [1.29, 1.82) is 0 Å². The Kier molecular flexibility index (Phi) is 6.85. The lowest BCUT2D eigenvalue weighted by Gasteiger charge is -2.17. The number of methoxy groups -OCH3 is 2. The lowest BCUT2D eigenvalue weighted by atomic mass is 10.2. The largest absolute Gasteiger partial charge is 0.497 e. The Labute approximate surface area is 168 Å². The van der Waals surface area contributed by atoms with Crippen molar-refractivity contribution in [1.82, 2.24) is 10.2 Å². The van der Waals surface area contributed by atoms with Crippen LogP contribution in [0.2, 0.25) is 0 Å². The first-order valence-electron chi connectivity index (χ1n) is 9.34. The second-order valence-corrected chi connectivity index (χ2v) is 6.45. The van der Waals surface area contributed by atoms with Gasteiger partial charge in [-0.15, -0.1) is 10.2 Å². The Morgan fingerprint density at radius 2 is 2.07 bits per heavy atom. The molecule has 0 saturated heterocycles. The summed E-state index contributed by atoms with van der Waals surface area (Å²) in [5.41, 5.74) is 0.561. The van der Waals surface area contributed by atoms with Crippen LogP contribution in [0.4, 0.5) is 5.69 Å². The number of aromatic nitrogens is 2. The highest BCUT2D eigenvalue weighted by atomic mass is 16.5. The topological polar surface area (TPSA) is 104 Å². The predicted octanol–water partition coefficient (Wildman–Crippen LogP) is 1.78. The van der Waals surface area contributed by atoms with Gasteiger partial charge in [0.05, 0.1) is 32.7 Å². The third kappa shape index (κ3) is 5.35. The van der Waals surface area contributed by atoms with Crippen LogP contribution < -0.4 is 19.7 Å². The van der Waals surface area contributed by atoms with Gasteiger partial charge in [-0.25, -0.2) is 0 Å². The lowest BCUT2D eigenvalue weighted by Crippen LogP contribution is -3.11. The number of furan rings is 1. The predicted molar refractivity (Wildman–Crippen MR) is 105 cm³/mol. The van der Waals surface area contributed by atoms with Gasteiger partial charge in [0.25, 0.3) is 17.7 Å². The summed E-state index contributed by atoms with van der Waals surface area (Å²) < 4.78 is 21.5. The van der Waals surface area contributed by atoms with Crippen molar-refractivity contribution in [3.8, 4) is 23.1 Å². The number of quaternary nitrogens is 1. The molecule has 1 aromatic carbocycles. The van der Waals surface area contributed by atoms with E-state index in [9.17, 15) is 4.79 Å². The van der Waals surface area contributed by atoms with Crippen LogP contribution in [0, 0.1) is 0 Å². The smallest absolute Gasteiger partial charge is 0.283 e. The van der Waals surface area contributed by atoms with Crippen LogP contribution in [0.1, 0.15) is 19.2 Å². The summed E-state index contributed by atoms with van der Waals surface area (Å²) in [7, 11) is 3.13. The third-order valence-corrected chi connectivity index (χ3v) is 4.29. The zero-order valence-electron chi connectivity index (χ0n) is 16.7. The van der Waals surface area contributed by atoms with E-state index >= 15 is 0 Å². The molecule has 0 aliphatic heterocycles. The van der Waals surface area contributed by atoms with Crippen molar-refractivity contribution in [2.45, 2.75) is 19.9 Å². The number of nitrogens with zero attached hydrogens (tertiary/aromatic N) is 2. The zero-order chi connectivity index (χ0) is 20.6. The number of carbonyl (C=O) groups is 1. The van der Waals surface area contributed by atoms with Crippen LogP contribution >= 0.6 is 0 Å². The molecular formula is C20H25N4O5+. The highest BCUT2D eigenvalue weighted by molar-refractivity contribution is 5.93. The maximum atomic E-state index is 12.6. The Bertz CT molecular complexity index is 923. The van der Waals surface area contributed by atoms with Crippen LogP contribution in [0.25, 0.3) is 11.7 Å². The molecule has 0 saturated carbocycles. The fourth-order valence-electron chi connectivity index (χ4n) is 2.96. The van der Waals surface area contributed by atoms with Gasteiger partial charge in [0.15, 0.2) is 18.8 Å². The monoisotopic (exact) mass is 401 g/mol. The maximum absolute atomic E-state index is 12.6. The first-order valence-corrected chi connectivity index (χ1v) is 9.34. The number of carbonyl (C=O) groups excluding carboxylic acids is 1. The molecule has 154 valence electrons. The minimum atomic E-state index is -0.147. The van der Waals surface area contributed by atoms with E-state index in [1.807, 2.05) is 0 Å². The van der Waals surface area contributed by atoms with Crippen molar-refractivity contribution >= 4 is 11.6 Å². The van der Waals surface area contributed by atoms with Gasteiger partial charge < -0.3 is 28.5 Å². The van der Waals surface area contributed by atoms with Crippen LogP contribution in [0.5, 0.6) is 11.5 Å². The van der Waals surface area contributed by atoms with Gasteiger partial charge in [-0.3, -0.25) is 4.79 Å². The molecule has 2 N–H and O–H groups in total. The van der Waals surface area contributed by atoms with Crippen molar-refractivity contribution in [3.05, 3.63) is 42.5 Å². The number of anilines is 1. The van der Waals surface area contributed by atoms with Crippen molar-refractivity contribution < 1.29 is 28.0 Å². The van der Waals surface area contributed by atoms with Gasteiger partial charge >= 0.3 is 0 Å². The number of ether oxygens (including phenoxy) is 2. The standard InChI is InChI=1S/C20H24N4O5/c1-4-9-24(13-19-22-23-20(29-19)17-6-5-10-28-17)12-18(25)21-15-11-14(26-2)7-8-16(15)27-3/h5-8,10-11H,4,9,12-13H2,1-3H3,(H,21,25)/p+1. The molecule has 0 spiro atoms. The Morgan fingerprint density at radius 3 is 2.76 bits per heavy atom. The summed E-state index contributed by atoms with van der Waals surface area (Å²) in [6.07, 6.45) is 2.45. The van der Waals surface area contributed by atoms with Gasteiger partial charge in [0, 0.05) is 6.07 Å². The van der Waals surface area contributed by atoms with Crippen LogP contribution in [0.3, 0.4) is 0 Å². The molecule has 9 nitrogen and oxygen atoms in total. The molecule has 29 heavy (non-hydrogen) atoms. The average Bonchev–Trinajstić information content (AvgIpc) is 3.39. The maximum Gasteiger partial charge on any atom is 0.283 e. The van der Waals surface area contributed by atoms with E-state index in [1.54, 1.807) is 50.8 Å². The fraction of sp³-hybridized carbons (Fsp3) is 0.350. The Morgan fingerprint density at radius 1 is 1.21 bits per heavy atom. The second kappa shape index (κ2) is 9.74. The second-order valence-electron chi connectivity index (χ2n) is 6.45. The number of benzene rings is 1. The van der Waals surface area contributed by atoms with E-state index < -0.39 is 0 Å². The number of amides is 1. The van der Waals surface area contributed by atoms with E-state index in [0.717, 1.165) is 17.9 Å². The molecule has 3 aromatic rings. The van der Waals surface area contributed by atoms with Gasteiger partial charge in [0.1, 0.15) is 11.5 Å². The molecule has 2 aromatic heterocycles. The first kappa shape index (κ1) is 20.4. The fourth-order valence-corrected chi connectivity index (χ4v) is 2.96. The molecule has 0 fully saturated rings. The molecule has 2 heterocycles. The molecule has 1 amide bonds. The van der Waals surface area contributed by atoms with Gasteiger partial charge in [-0.2, -0.15) is 0 Å². The molecule has 0 aliphatic rings. The minimum Gasteiger partial charge on any atom is -0.497 e. The lowest BCUT2D eigenvalue weighted by molar-refractivity contribution is -0.907. The molecule has 0 aliphatic carbocycles. The van der Waals surface area contributed by atoms with Crippen molar-refractivity contribution in [2.75, 3.05) is 32.6 Å². The van der Waals surface area contributed by atoms with Crippen LogP contribution in [-0.4, -0.2) is 43.4 Å². The van der Waals surface area contributed by atoms with Gasteiger partial charge in [-0.05, 0) is 30.7 Å². The molecule has 3 rings (SSSR count). The molecule has 9 heteroatoms. The molecule has 1 unspecified atom stereocenters. The third-order valence-electron chi connectivity index (χ3n) is 4.29. The highest BCUT2D eigenvalue weighted by Crippen LogP contribution is 2.28. The molecule has 1 atom stereocenters.